The van der Waals surface area contributed by atoms with Gasteiger partial charge in [0.15, 0.2) is 0 Å². The second-order valence-electron chi connectivity index (χ2n) is 2.88. The lowest BCUT2D eigenvalue weighted by Gasteiger charge is -2.11. The van der Waals surface area contributed by atoms with Gasteiger partial charge in [0.2, 0.25) is 0 Å². The molecule has 1 fully saturated rings. The van der Waals surface area contributed by atoms with E-state index in [0.29, 0.717) is 6.54 Å². The third-order valence-corrected chi connectivity index (χ3v) is 2.20. The fraction of sp³-hybridized carbons (Fsp3) is 0.571. The van der Waals surface area contributed by atoms with Gasteiger partial charge in [-0.1, -0.05) is 0 Å². The third kappa shape index (κ3) is 1.73. The van der Waals surface area contributed by atoms with Crippen LogP contribution in [-0.2, 0) is 5.54 Å². The van der Waals surface area contributed by atoms with Crippen LogP contribution in [0.1, 0.15) is 12.8 Å². The minimum atomic E-state index is 0. The van der Waals surface area contributed by atoms with E-state index >= 15 is 0 Å². The van der Waals surface area contributed by atoms with E-state index in [2.05, 4.69) is 5.10 Å². The summed E-state index contributed by atoms with van der Waals surface area (Å²) in [5, 5.41) is 4.16. The number of hydrogen-bond donors (Lipinski definition) is 1. The Bertz CT molecular complexity index is 219. The molecule has 1 aliphatic rings. The zero-order valence-corrected chi connectivity index (χ0v) is 8.27. The molecule has 70 valence electrons. The molecule has 1 aliphatic carbocycles. The minimum Gasteiger partial charge on any atom is -0.328 e. The summed E-state index contributed by atoms with van der Waals surface area (Å²) in [6.45, 7) is 0.717. The quantitative estimate of drug-likeness (QED) is 0.796. The largest absolute Gasteiger partial charge is 0.328 e. The van der Waals surface area contributed by atoms with E-state index < -0.39 is 0 Å². The van der Waals surface area contributed by atoms with Gasteiger partial charge in [-0.3, -0.25) is 4.68 Å². The van der Waals surface area contributed by atoms with E-state index in [0.717, 1.165) is 0 Å². The van der Waals surface area contributed by atoms with Gasteiger partial charge >= 0.3 is 0 Å². The van der Waals surface area contributed by atoms with Crippen molar-refractivity contribution in [1.82, 2.24) is 9.78 Å². The molecule has 0 aromatic carbocycles. The SMILES string of the molecule is Cl.Cl.NCC1(n2cccn2)CC1. The van der Waals surface area contributed by atoms with Gasteiger partial charge in [-0.2, -0.15) is 5.10 Å². The van der Waals surface area contributed by atoms with Gasteiger partial charge in [0.05, 0.1) is 5.54 Å². The zero-order valence-electron chi connectivity index (χ0n) is 6.64. The lowest BCUT2D eigenvalue weighted by molar-refractivity contribution is 0.442. The summed E-state index contributed by atoms with van der Waals surface area (Å²) in [7, 11) is 0. The molecule has 3 nitrogen and oxygen atoms in total. The fourth-order valence-electron chi connectivity index (χ4n) is 1.22. The number of rotatable bonds is 2. The summed E-state index contributed by atoms with van der Waals surface area (Å²) < 4.78 is 1.98. The molecule has 0 radical (unpaired) electrons. The normalized spacial score (nSPS) is 17.4. The Morgan fingerprint density at radius 2 is 2.08 bits per heavy atom. The molecule has 1 aromatic rings. The second kappa shape index (κ2) is 4.12. The Kier molecular flexibility index (Phi) is 4.03. The van der Waals surface area contributed by atoms with Crippen LogP contribution in [0.3, 0.4) is 0 Å². The van der Waals surface area contributed by atoms with E-state index in [1.54, 1.807) is 6.20 Å². The standard InChI is InChI=1S/C7H11N3.2ClH/c8-6-7(2-3-7)10-5-1-4-9-10;;/h1,4-5H,2-3,6,8H2;2*1H. The number of halogens is 2. The highest BCUT2D eigenvalue weighted by molar-refractivity contribution is 5.85. The van der Waals surface area contributed by atoms with Crippen molar-refractivity contribution in [3.63, 3.8) is 0 Å². The zero-order chi connectivity index (χ0) is 7.03. The van der Waals surface area contributed by atoms with Gasteiger partial charge in [-0.25, -0.2) is 0 Å². The third-order valence-electron chi connectivity index (χ3n) is 2.20. The minimum absolute atomic E-state index is 0. The number of nitrogens with zero attached hydrogens (tertiary/aromatic N) is 2. The Morgan fingerprint density at radius 1 is 1.42 bits per heavy atom. The molecule has 12 heavy (non-hydrogen) atoms. The summed E-state index contributed by atoms with van der Waals surface area (Å²) >= 11 is 0. The predicted molar refractivity (Wildman–Crippen MR) is 53.0 cm³/mol. The average molecular weight is 210 g/mol. The van der Waals surface area contributed by atoms with Gasteiger partial charge in [0, 0.05) is 18.9 Å². The highest BCUT2D eigenvalue weighted by Crippen LogP contribution is 2.41. The molecule has 0 saturated heterocycles. The number of nitrogens with two attached hydrogens (primary N) is 1. The Labute approximate surface area is 84.1 Å². The lowest BCUT2D eigenvalue weighted by Crippen LogP contribution is -2.27. The van der Waals surface area contributed by atoms with Crippen molar-refractivity contribution < 1.29 is 0 Å². The van der Waals surface area contributed by atoms with Crippen molar-refractivity contribution in [2.75, 3.05) is 6.54 Å². The molecule has 1 saturated carbocycles. The van der Waals surface area contributed by atoms with Crippen LogP contribution in [0.15, 0.2) is 18.5 Å². The van der Waals surface area contributed by atoms with Gasteiger partial charge in [-0.15, -0.1) is 24.8 Å². The van der Waals surface area contributed by atoms with E-state index in [1.807, 2.05) is 16.9 Å². The summed E-state index contributed by atoms with van der Waals surface area (Å²) in [6, 6.07) is 1.94. The maximum Gasteiger partial charge on any atom is 0.0751 e. The van der Waals surface area contributed by atoms with E-state index in [-0.39, 0.29) is 30.4 Å². The molecular weight excluding hydrogens is 197 g/mol. The summed E-state index contributed by atoms with van der Waals surface area (Å²) in [4.78, 5) is 0. The Morgan fingerprint density at radius 3 is 2.42 bits per heavy atom. The van der Waals surface area contributed by atoms with Crippen molar-refractivity contribution in [3.05, 3.63) is 18.5 Å². The van der Waals surface area contributed by atoms with Crippen molar-refractivity contribution in [2.45, 2.75) is 18.4 Å². The number of hydrogen-bond acceptors (Lipinski definition) is 2. The molecule has 1 heterocycles. The van der Waals surface area contributed by atoms with Crippen LogP contribution in [0, 0.1) is 0 Å². The van der Waals surface area contributed by atoms with Crippen LogP contribution in [0.4, 0.5) is 0 Å². The molecule has 2 rings (SSSR count). The first kappa shape index (κ1) is 11.8. The monoisotopic (exact) mass is 209 g/mol. The number of aromatic nitrogens is 2. The topological polar surface area (TPSA) is 43.8 Å². The maximum absolute atomic E-state index is 5.60. The molecule has 0 unspecified atom stereocenters. The second-order valence-corrected chi connectivity index (χ2v) is 2.88. The van der Waals surface area contributed by atoms with Crippen molar-refractivity contribution in [1.29, 1.82) is 0 Å². The molecule has 2 N–H and O–H groups in total. The molecule has 0 aliphatic heterocycles. The fourth-order valence-corrected chi connectivity index (χ4v) is 1.22. The van der Waals surface area contributed by atoms with Crippen molar-refractivity contribution in [2.24, 2.45) is 5.73 Å². The highest BCUT2D eigenvalue weighted by atomic mass is 35.5. The van der Waals surface area contributed by atoms with Gasteiger partial charge in [-0.05, 0) is 18.9 Å². The van der Waals surface area contributed by atoms with Crippen molar-refractivity contribution >= 4 is 24.8 Å². The average Bonchev–Trinajstić information content (AvgIpc) is 2.58. The molecule has 1 aromatic heterocycles. The van der Waals surface area contributed by atoms with Crippen LogP contribution >= 0.6 is 24.8 Å². The molecule has 0 amide bonds. The molecule has 5 heteroatoms. The van der Waals surface area contributed by atoms with Crippen LogP contribution in [0.5, 0.6) is 0 Å². The van der Waals surface area contributed by atoms with Crippen LogP contribution in [-0.4, -0.2) is 16.3 Å². The Hall–Kier alpha value is -0.250. The maximum atomic E-state index is 5.60. The lowest BCUT2D eigenvalue weighted by atomic mass is 10.3. The molecule has 0 atom stereocenters. The van der Waals surface area contributed by atoms with E-state index in [4.69, 9.17) is 5.73 Å². The molecule has 0 bridgehead atoms. The summed E-state index contributed by atoms with van der Waals surface area (Å²) in [6.07, 6.45) is 6.16. The molecule has 0 spiro atoms. The van der Waals surface area contributed by atoms with Crippen LogP contribution in [0.2, 0.25) is 0 Å². The summed E-state index contributed by atoms with van der Waals surface area (Å²) in [5.74, 6) is 0. The predicted octanol–water partition coefficient (Wildman–Crippen LogP) is 1.17. The highest BCUT2D eigenvalue weighted by Gasteiger charge is 2.43. The van der Waals surface area contributed by atoms with E-state index in [1.165, 1.54) is 12.8 Å². The molecular formula is C7H13Cl2N3. The van der Waals surface area contributed by atoms with Gasteiger partial charge < -0.3 is 5.73 Å². The van der Waals surface area contributed by atoms with Crippen LogP contribution in [0.25, 0.3) is 0 Å². The van der Waals surface area contributed by atoms with Gasteiger partial charge in [0.1, 0.15) is 0 Å². The summed E-state index contributed by atoms with van der Waals surface area (Å²) in [5.41, 5.74) is 5.80. The van der Waals surface area contributed by atoms with Crippen molar-refractivity contribution in [3.8, 4) is 0 Å². The van der Waals surface area contributed by atoms with Gasteiger partial charge in [0.25, 0.3) is 0 Å². The van der Waals surface area contributed by atoms with Crippen LogP contribution < -0.4 is 5.73 Å². The smallest absolute Gasteiger partial charge is 0.0751 e. The first-order chi connectivity index (χ1) is 4.87. The Balaban J connectivity index is 0.000000605. The first-order valence-electron chi connectivity index (χ1n) is 3.58. The first-order valence-corrected chi connectivity index (χ1v) is 3.58. The van der Waals surface area contributed by atoms with E-state index in [9.17, 15) is 0 Å².